The highest BCUT2D eigenvalue weighted by atomic mass is 16.8. The molecule has 0 bridgehead atoms. The van der Waals surface area contributed by atoms with Gasteiger partial charge in [0.1, 0.15) is 83.2 Å². The molecule has 57 heavy (non-hydrogen) atoms. The molecule has 19 nitrogen and oxygen atoms in total. The first-order valence-corrected chi connectivity index (χ1v) is 18.2. The summed E-state index contributed by atoms with van der Waals surface area (Å²) in [6.07, 6.45) is -22.4. The number of rotatable bonds is 10. The van der Waals surface area contributed by atoms with E-state index in [1.54, 1.807) is 19.9 Å². The molecule has 314 valence electrons. The summed E-state index contributed by atoms with van der Waals surface area (Å²) in [6.45, 7) is 5.64. The Kier molecular flexibility index (Phi) is 12.8. The van der Waals surface area contributed by atoms with Gasteiger partial charge in [0.25, 0.3) is 0 Å². The lowest BCUT2D eigenvalue weighted by Gasteiger charge is -2.45. The molecule has 3 aliphatic heterocycles. The van der Waals surface area contributed by atoms with Gasteiger partial charge >= 0.3 is 0 Å². The number of ether oxygens (including phenoxy) is 6. The summed E-state index contributed by atoms with van der Waals surface area (Å²) >= 11 is 0. The van der Waals surface area contributed by atoms with Crippen LogP contribution in [0.3, 0.4) is 0 Å². The van der Waals surface area contributed by atoms with Crippen LogP contribution in [0.4, 0.5) is 0 Å². The van der Waals surface area contributed by atoms with Crippen LogP contribution in [0.25, 0.3) is 22.3 Å². The van der Waals surface area contributed by atoms with Crippen molar-refractivity contribution in [3.63, 3.8) is 0 Å². The lowest BCUT2D eigenvalue weighted by molar-refractivity contribution is -0.352. The molecule has 2 aromatic carbocycles. The normalized spacial score (nSPS) is 35.8. The summed E-state index contributed by atoms with van der Waals surface area (Å²) in [4.78, 5) is 14.6. The predicted octanol–water partition coefficient (Wildman–Crippen LogP) is -1.38. The molecule has 19 heteroatoms. The molecular formula is C38H48O19. The second-order valence-corrected chi connectivity index (χ2v) is 14.6. The average molecular weight is 809 g/mol. The van der Waals surface area contributed by atoms with E-state index < -0.39 is 121 Å². The zero-order chi connectivity index (χ0) is 41.6. The molecule has 3 aliphatic rings. The number of hydrogen-bond donors (Lipinski definition) is 11. The maximum absolute atomic E-state index is 14.6. The van der Waals surface area contributed by atoms with Gasteiger partial charge in [0, 0.05) is 17.2 Å². The second-order valence-electron chi connectivity index (χ2n) is 14.6. The molecule has 0 radical (unpaired) electrons. The predicted molar refractivity (Wildman–Crippen MR) is 193 cm³/mol. The highest BCUT2D eigenvalue weighted by molar-refractivity contribution is 5.91. The third-order valence-corrected chi connectivity index (χ3v) is 10.2. The summed E-state index contributed by atoms with van der Waals surface area (Å²) in [7, 11) is 0. The Morgan fingerprint density at radius 1 is 0.737 bits per heavy atom. The minimum absolute atomic E-state index is 0.00401. The van der Waals surface area contributed by atoms with Crippen LogP contribution in [-0.4, -0.2) is 155 Å². The summed E-state index contributed by atoms with van der Waals surface area (Å²) in [5, 5.41) is 115. The fourth-order valence-electron chi connectivity index (χ4n) is 6.80. The Labute approximate surface area is 324 Å². The fraction of sp³-hybridized carbons (Fsp3) is 0.553. The van der Waals surface area contributed by atoms with Crippen molar-refractivity contribution < 1.29 is 89.0 Å². The van der Waals surface area contributed by atoms with Crippen LogP contribution in [0.2, 0.25) is 0 Å². The van der Waals surface area contributed by atoms with Gasteiger partial charge in [-0.05, 0) is 58.4 Å². The number of allylic oxidation sites excluding steroid dienone is 2. The topological polar surface area (TPSA) is 308 Å². The van der Waals surface area contributed by atoms with E-state index in [0.29, 0.717) is 0 Å². The molecule has 15 atom stereocenters. The smallest absolute Gasteiger partial charge is 0.239 e. The van der Waals surface area contributed by atoms with Gasteiger partial charge in [-0.2, -0.15) is 0 Å². The molecule has 11 N–H and O–H groups in total. The standard InChI is InChI=1S/C38H48O19/c1-13(2)5-10-18-20(53-37-31(50)28(47)25(44)21(12-39)54-37)11-19(41)22-26(45)34(32(55-33(18)22)16-6-8-17(40)9-7-16)56-38-35(29(48)24(43)15(4)52-38)57-36-30(49)27(46)23(42)14(3)51-36/h5-9,11,14-15,21,23-25,27-31,35-44,46-50H,10,12H2,1-4H3/t14-,15-,21-,23-,24-,25-,27-,28-,29-,30-,31-,35-,36-,37-,38+/m0/s1. The van der Waals surface area contributed by atoms with Gasteiger partial charge in [-0.25, -0.2) is 0 Å². The number of aromatic hydroxyl groups is 2. The minimum Gasteiger partial charge on any atom is -0.508 e. The zero-order valence-electron chi connectivity index (χ0n) is 31.2. The van der Waals surface area contributed by atoms with Gasteiger partial charge in [-0.1, -0.05) is 11.6 Å². The highest BCUT2D eigenvalue weighted by Crippen LogP contribution is 2.42. The summed E-state index contributed by atoms with van der Waals surface area (Å²) in [5.74, 6) is -1.96. The van der Waals surface area contributed by atoms with Gasteiger partial charge in [-0.15, -0.1) is 0 Å². The van der Waals surface area contributed by atoms with Crippen molar-refractivity contribution in [3.8, 4) is 34.3 Å². The number of fused-ring (bicyclic) bond motifs is 1. The van der Waals surface area contributed by atoms with Crippen molar-refractivity contribution in [1.82, 2.24) is 0 Å². The third kappa shape index (κ3) is 8.35. The Bertz CT molecular complexity index is 1960. The van der Waals surface area contributed by atoms with E-state index in [9.17, 15) is 61.0 Å². The van der Waals surface area contributed by atoms with E-state index >= 15 is 0 Å². The number of aliphatic hydroxyl groups is 9. The first-order chi connectivity index (χ1) is 26.9. The van der Waals surface area contributed by atoms with Gasteiger partial charge in [-0.3, -0.25) is 4.79 Å². The monoisotopic (exact) mass is 808 g/mol. The Balaban J connectivity index is 1.50. The van der Waals surface area contributed by atoms with Crippen molar-refractivity contribution >= 4 is 11.0 Å². The molecule has 0 spiro atoms. The maximum Gasteiger partial charge on any atom is 0.239 e. The summed E-state index contributed by atoms with van der Waals surface area (Å²) in [6, 6.07) is 6.38. The largest absolute Gasteiger partial charge is 0.508 e. The molecule has 4 heterocycles. The average Bonchev–Trinajstić information content (AvgIpc) is 3.17. The van der Waals surface area contributed by atoms with E-state index in [0.717, 1.165) is 11.6 Å². The minimum atomic E-state index is -1.84. The Hall–Kier alpha value is -3.93. The van der Waals surface area contributed by atoms with E-state index in [4.69, 9.17) is 32.8 Å². The fourth-order valence-corrected chi connectivity index (χ4v) is 6.80. The Morgan fingerprint density at radius 3 is 1.96 bits per heavy atom. The van der Waals surface area contributed by atoms with E-state index in [1.807, 2.05) is 0 Å². The van der Waals surface area contributed by atoms with Crippen molar-refractivity contribution in [2.24, 2.45) is 0 Å². The third-order valence-electron chi connectivity index (χ3n) is 10.2. The van der Waals surface area contributed by atoms with E-state index in [1.165, 1.54) is 38.1 Å². The van der Waals surface area contributed by atoms with Crippen LogP contribution in [0, 0.1) is 0 Å². The maximum atomic E-state index is 14.6. The quantitative estimate of drug-likeness (QED) is 0.105. The van der Waals surface area contributed by atoms with Crippen LogP contribution >= 0.6 is 0 Å². The number of phenolic OH excluding ortho intramolecular Hbond substituents is 2. The highest BCUT2D eigenvalue weighted by Gasteiger charge is 2.51. The molecule has 0 aliphatic carbocycles. The van der Waals surface area contributed by atoms with E-state index in [2.05, 4.69) is 0 Å². The zero-order valence-corrected chi connectivity index (χ0v) is 31.2. The van der Waals surface area contributed by atoms with E-state index in [-0.39, 0.29) is 40.4 Å². The molecule has 3 fully saturated rings. The number of phenols is 2. The second kappa shape index (κ2) is 17.1. The van der Waals surface area contributed by atoms with Gasteiger partial charge < -0.3 is 89.0 Å². The summed E-state index contributed by atoms with van der Waals surface area (Å²) < 4.78 is 41.3. The first kappa shape index (κ1) is 42.7. The molecule has 1 aromatic heterocycles. The molecule has 3 saturated heterocycles. The molecular weight excluding hydrogens is 760 g/mol. The van der Waals surface area contributed by atoms with Crippen LogP contribution in [0.15, 0.2) is 51.2 Å². The first-order valence-electron chi connectivity index (χ1n) is 18.2. The SMILES string of the molecule is CC(C)=CCc1c(O[C@H]2O[C@@H](CO)[C@H](O)[C@H](O)[C@@H]2O)cc(O)c2c(=O)c(O[C@H]3O[C@@H](C)[C@H](O)[C@H](O)[C@@H]3O[C@@H]3O[C@@H](C)[C@H](O)[C@H](O)[C@@H]3O)c(-c3ccc(O)cc3)oc12. The number of aliphatic hydroxyl groups excluding tert-OH is 9. The van der Waals surface area contributed by atoms with Gasteiger partial charge in [0.2, 0.25) is 23.8 Å². The van der Waals surface area contributed by atoms with Crippen molar-refractivity contribution in [2.75, 3.05) is 6.61 Å². The Morgan fingerprint density at radius 2 is 1.33 bits per heavy atom. The van der Waals surface area contributed by atoms with Gasteiger partial charge in [0.15, 0.2) is 18.2 Å². The van der Waals surface area contributed by atoms with Crippen LogP contribution in [0.5, 0.6) is 23.0 Å². The lowest BCUT2D eigenvalue weighted by Crippen LogP contribution is -2.63. The summed E-state index contributed by atoms with van der Waals surface area (Å²) in [5.41, 5.74) is -0.144. The number of hydrogen-bond acceptors (Lipinski definition) is 19. The molecule has 3 aromatic rings. The van der Waals surface area contributed by atoms with Crippen molar-refractivity contribution in [1.29, 1.82) is 0 Å². The number of benzene rings is 2. The molecule has 0 amide bonds. The molecule has 0 saturated carbocycles. The van der Waals surface area contributed by atoms with Crippen LogP contribution in [-0.2, 0) is 25.4 Å². The van der Waals surface area contributed by atoms with Crippen LogP contribution < -0.4 is 14.9 Å². The molecule has 6 rings (SSSR count). The lowest BCUT2D eigenvalue weighted by atomic mass is 9.98. The van der Waals surface area contributed by atoms with Crippen molar-refractivity contribution in [2.45, 2.75) is 126 Å². The van der Waals surface area contributed by atoms with Crippen molar-refractivity contribution in [3.05, 3.63) is 57.8 Å². The van der Waals surface area contributed by atoms with Gasteiger partial charge in [0.05, 0.1) is 18.8 Å². The van der Waals surface area contributed by atoms with Crippen LogP contribution in [0.1, 0.15) is 33.3 Å². The molecule has 0 unspecified atom stereocenters.